The fourth-order valence-corrected chi connectivity index (χ4v) is 6.03. The van der Waals surface area contributed by atoms with Gasteiger partial charge in [-0.2, -0.15) is 0 Å². The average molecular weight is 605 g/mol. The lowest BCUT2D eigenvalue weighted by molar-refractivity contribution is -0.134. The number of phenolic OH excluding ortho intramolecular Hbond substituents is 1. The predicted molar refractivity (Wildman–Crippen MR) is 189 cm³/mol. The lowest BCUT2D eigenvalue weighted by atomic mass is 9.83. The molecule has 246 valence electrons. The highest BCUT2D eigenvalue weighted by Crippen LogP contribution is 2.38. The number of hydrogen-bond donors (Lipinski definition) is 1. The van der Waals surface area contributed by atoms with E-state index in [4.69, 9.17) is 4.74 Å². The Kier molecular flexibility index (Phi) is 16.9. The molecule has 0 heterocycles. The number of rotatable bonds is 20. The molecule has 0 aliphatic carbocycles. The Morgan fingerprint density at radius 3 is 1.89 bits per heavy atom. The van der Waals surface area contributed by atoms with Crippen molar-refractivity contribution in [2.75, 3.05) is 0 Å². The van der Waals surface area contributed by atoms with Crippen LogP contribution >= 0.6 is 0 Å². The van der Waals surface area contributed by atoms with Crippen molar-refractivity contribution < 1.29 is 14.6 Å². The number of aromatic hydroxyl groups is 1. The minimum absolute atomic E-state index is 0.160. The van der Waals surface area contributed by atoms with E-state index in [1.54, 1.807) is 0 Å². The Balaban J connectivity index is 1.93. The van der Waals surface area contributed by atoms with Gasteiger partial charge in [0.15, 0.2) is 0 Å². The van der Waals surface area contributed by atoms with Gasteiger partial charge in [0.1, 0.15) is 11.5 Å². The van der Waals surface area contributed by atoms with Gasteiger partial charge in [0.2, 0.25) is 0 Å². The summed E-state index contributed by atoms with van der Waals surface area (Å²) in [6.45, 7) is 17.3. The normalized spacial score (nSPS) is 12.0. The first-order valence-electron chi connectivity index (χ1n) is 17.7. The van der Waals surface area contributed by atoms with Crippen molar-refractivity contribution in [3.05, 3.63) is 69.8 Å². The topological polar surface area (TPSA) is 46.5 Å². The van der Waals surface area contributed by atoms with Crippen LogP contribution in [-0.4, -0.2) is 11.1 Å². The minimum atomic E-state index is -0.184. The molecule has 0 spiro atoms. The molecule has 1 N–H and O–H groups in total. The molecule has 3 heteroatoms. The average Bonchev–Trinajstić information content (AvgIpc) is 2.93. The Bertz CT molecular complexity index is 1170. The number of esters is 1. The van der Waals surface area contributed by atoms with Gasteiger partial charge in [0.05, 0.1) is 0 Å². The summed E-state index contributed by atoms with van der Waals surface area (Å²) in [5, 5.41) is 11.2. The smallest absolute Gasteiger partial charge is 0.311 e. The summed E-state index contributed by atoms with van der Waals surface area (Å²) in [7, 11) is 0. The van der Waals surface area contributed by atoms with Crippen molar-refractivity contribution >= 4 is 5.97 Å². The summed E-state index contributed by atoms with van der Waals surface area (Å²) in [4.78, 5) is 13.1. The quantitative estimate of drug-likeness (QED) is 0.0707. The molecule has 0 saturated heterocycles. The summed E-state index contributed by atoms with van der Waals surface area (Å²) >= 11 is 0. The maximum absolute atomic E-state index is 13.1. The maximum Gasteiger partial charge on any atom is 0.311 e. The molecule has 0 atom stereocenters. The molecule has 0 bridgehead atoms. The first kappa shape index (κ1) is 37.6. The molecule has 0 amide bonds. The van der Waals surface area contributed by atoms with Gasteiger partial charge < -0.3 is 9.84 Å². The third-order valence-electron chi connectivity index (χ3n) is 8.40. The van der Waals surface area contributed by atoms with Crippen LogP contribution in [0.15, 0.2) is 36.4 Å². The highest BCUT2D eigenvalue weighted by Gasteiger charge is 2.25. The lowest BCUT2D eigenvalue weighted by Crippen LogP contribution is -2.18. The number of unbranched alkanes of at least 4 members (excludes halogenated alkanes) is 11. The minimum Gasteiger partial charge on any atom is -0.507 e. The number of benzene rings is 2. The standard InChI is InChI=1S/C41H64O3/c1-9-10-11-12-13-14-15-16-17-18-19-20-21-22-23-24-38(42)44-40-36(28-33(5)29-37(40)41(6,7)8)30-35-27-32(4)26-34(39(35)43)25-31(2)3/h16-17,26-29,31,43H,9-15,18-25,30H2,1-8H3/b17-16-. The van der Waals surface area contributed by atoms with E-state index in [2.05, 4.69) is 91.8 Å². The van der Waals surface area contributed by atoms with Crippen molar-refractivity contribution in [1.29, 1.82) is 0 Å². The van der Waals surface area contributed by atoms with Crippen molar-refractivity contribution in [3.63, 3.8) is 0 Å². The van der Waals surface area contributed by atoms with Crippen molar-refractivity contribution in [1.82, 2.24) is 0 Å². The second-order valence-corrected chi connectivity index (χ2v) is 14.6. The van der Waals surface area contributed by atoms with Gasteiger partial charge in [-0.25, -0.2) is 0 Å². The van der Waals surface area contributed by atoms with Crippen LogP contribution in [0.5, 0.6) is 11.5 Å². The largest absolute Gasteiger partial charge is 0.507 e. The second kappa shape index (κ2) is 19.8. The van der Waals surface area contributed by atoms with E-state index in [9.17, 15) is 9.90 Å². The van der Waals surface area contributed by atoms with Crippen LogP contribution in [-0.2, 0) is 23.1 Å². The molecule has 44 heavy (non-hydrogen) atoms. The zero-order valence-corrected chi connectivity index (χ0v) is 29.6. The number of allylic oxidation sites excluding steroid dienone is 2. The van der Waals surface area contributed by atoms with Gasteiger partial charge in [-0.05, 0) is 80.4 Å². The van der Waals surface area contributed by atoms with E-state index >= 15 is 0 Å². The summed E-state index contributed by atoms with van der Waals surface area (Å²) < 4.78 is 6.18. The number of aryl methyl sites for hydroxylation is 2. The zero-order valence-electron chi connectivity index (χ0n) is 29.6. The monoisotopic (exact) mass is 604 g/mol. The van der Waals surface area contributed by atoms with E-state index in [0.29, 0.717) is 30.3 Å². The Labute approximate surface area is 270 Å². The molecule has 0 unspecified atom stereocenters. The SMILES string of the molecule is CCCCCCCC/C=C\CCCCCCCC(=O)Oc1c(Cc2cc(C)cc(CC(C)C)c2O)cc(C)cc1C(C)(C)C. The fraction of sp³-hybridized carbons (Fsp3) is 0.634. The van der Waals surface area contributed by atoms with Crippen molar-refractivity contribution in [2.45, 2.75) is 164 Å². The highest BCUT2D eigenvalue weighted by atomic mass is 16.5. The van der Waals surface area contributed by atoms with Gasteiger partial charge in [0.25, 0.3) is 0 Å². The number of ether oxygens (including phenoxy) is 1. The Hall–Kier alpha value is -2.55. The van der Waals surface area contributed by atoms with E-state index in [-0.39, 0.29) is 11.4 Å². The molecule has 0 aliphatic rings. The van der Waals surface area contributed by atoms with Gasteiger partial charge >= 0.3 is 5.97 Å². The number of phenols is 1. The first-order valence-corrected chi connectivity index (χ1v) is 17.7. The van der Waals surface area contributed by atoms with Gasteiger partial charge in [-0.3, -0.25) is 4.79 Å². The number of carbonyl (C=O) groups excluding carboxylic acids is 1. The number of carbonyl (C=O) groups is 1. The second-order valence-electron chi connectivity index (χ2n) is 14.6. The van der Waals surface area contributed by atoms with Gasteiger partial charge in [-0.1, -0.05) is 140 Å². The molecule has 3 nitrogen and oxygen atoms in total. The summed E-state index contributed by atoms with van der Waals surface area (Å²) in [6, 6.07) is 8.41. The molecule has 0 saturated carbocycles. The molecular formula is C41H64O3. The van der Waals surface area contributed by atoms with Gasteiger partial charge in [-0.15, -0.1) is 0 Å². The zero-order chi connectivity index (χ0) is 32.5. The van der Waals surface area contributed by atoms with Crippen molar-refractivity contribution in [3.8, 4) is 11.5 Å². The molecule has 0 radical (unpaired) electrons. The molecule has 2 rings (SSSR count). The van der Waals surface area contributed by atoms with Crippen LogP contribution in [0.4, 0.5) is 0 Å². The van der Waals surface area contributed by atoms with Crippen molar-refractivity contribution in [2.24, 2.45) is 5.92 Å². The van der Waals surface area contributed by atoms with Crippen LogP contribution < -0.4 is 4.74 Å². The van der Waals surface area contributed by atoms with Gasteiger partial charge in [0, 0.05) is 18.4 Å². The molecule has 2 aromatic carbocycles. The molecule has 0 aromatic heterocycles. The van der Waals surface area contributed by atoms with Crippen LogP contribution in [0.1, 0.15) is 165 Å². The molecule has 0 aliphatic heterocycles. The van der Waals surface area contributed by atoms with E-state index < -0.39 is 0 Å². The predicted octanol–water partition coefficient (Wildman–Crippen LogP) is 12.0. The van der Waals surface area contributed by atoms with E-state index in [0.717, 1.165) is 59.1 Å². The Morgan fingerprint density at radius 1 is 0.773 bits per heavy atom. The highest BCUT2D eigenvalue weighted by molar-refractivity contribution is 5.74. The maximum atomic E-state index is 13.1. The van der Waals surface area contributed by atoms with E-state index in [1.165, 1.54) is 64.2 Å². The molecule has 0 fully saturated rings. The Morgan fingerprint density at radius 2 is 1.30 bits per heavy atom. The lowest BCUT2D eigenvalue weighted by Gasteiger charge is -2.25. The van der Waals surface area contributed by atoms with Crippen LogP contribution in [0, 0.1) is 19.8 Å². The van der Waals surface area contributed by atoms with Crippen LogP contribution in [0.3, 0.4) is 0 Å². The summed E-state index contributed by atoms with van der Waals surface area (Å²) in [5.41, 5.74) is 5.97. The van der Waals surface area contributed by atoms with E-state index in [1.807, 2.05) is 0 Å². The first-order chi connectivity index (χ1) is 20.9. The summed E-state index contributed by atoms with van der Waals surface area (Å²) in [6.07, 6.45) is 22.6. The third-order valence-corrected chi connectivity index (χ3v) is 8.40. The fourth-order valence-electron chi connectivity index (χ4n) is 6.03. The summed E-state index contributed by atoms with van der Waals surface area (Å²) in [5.74, 6) is 1.34. The molecular weight excluding hydrogens is 540 g/mol. The third kappa shape index (κ3) is 14.0. The number of hydrogen-bond acceptors (Lipinski definition) is 3. The van der Waals surface area contributed by atoms with Crippen LogP contribution in [0.25, 0.3) is 0 Å². The van der Waals surface area contributed by atoms with Crippen LogP contribution in [0.2, 0.25) is 0 Å². The molecule has 2 aromatic rings.